The van der Waals surface area contributed by atoms with Crippen molar-refractivity contribution in [1.82, 2.24) is 20.0 Å². The molecule has 18 heavy (non-hydrogen) atoms. The van der Waals surface area contributed by atoms with E-state index in [1.54, 1.807) is 0 Å². The number of halogens is 1. The van der Waals surface area contributed by atoms with E-state index in [2.05, 4.69) is 56.8 Å². The molecule has 0 spiro atoms. The van der Waals surface area contributed by atoms with Gasteiger partial charge in [-0.1, -0.05) is 0 Å². The van der Waals surface area contributed by atoms with E-state index >= 15 is 0 Å². The molecule has 1 fully saturated rings. The molecular weight excluding hydrogens is 292 g/mol. The quantitative estimate of drug-likeness (QED) is 0.924. The maximum atomic E-state index is 4.53. The average molecular weight is 315 g/mol. The Morgan fingerprint density at radius 1 is 1.39 bits per heavy atom. The van der Waals surface area contributed by atoms with Gasteiger partial charge in [-0.15, -0.1) is 0 Å². The number of likely N-dealkylation sites (tertiary alicyclic amines) is 1. The summed E-state index contributed by atoms with van der Waals surface area (Å²) in [6.45, 7) is 8.42. The minimum atomic E-state index is 0.647. The summed E-state index contributed by atoms with van der Waals surface area (Å²) < 4.78 is 3.24. The molecule has 0 aromatic carbocycles. The Kier molecular flexibility index (Phi) is 4.81. The zero-order chi connectivity index (χ0) is 13.1. The molecular formula is C13H23BrN4. The Morgan fingerprint density at radius 2 is 2.06 bits per heavy atom. The van der Waals surface area contributed by atoms with Crippen LogP contribution in [0.25, 0.3) is 0 Å². The molecule has 0 unspecified atom stereocenters. The minimum absolute atomic E-state index is 0.647. The number of piperidine rings is 1. The van der Waals surface area contributed by atoms with Crippen molar-refractivity contribution < 1.29 is 0 Å². The lowest BCUT2D eigenvalue weighted by atomic mass is 10.1. The molecule has 0 aliphatic carbocycles. The van der Waals surface area contributed by atoms with Gasteiger partial charge in [0.2, 0.25) is 0 Å². The molecule has 1 N–H and O–H groups in total. The number of aryl methyl sites for hydroxylation is 2. The standard InChI is InChI=1S/C13H23BrN4/c1-4-18-12(13(14)10(2)16-18)9-15-11-5-7-17(3)8-6-11/h11,15H,4-9H2,1-3H3. The van der Waals surface area contributed by atoms with Gasteiger partial charge in [0.05, 0.1) is 15.9 Å². The van der Waals surface area contributed by atoms with Crippen molar-refractivity contribution in [3.05, 3.63) is 15.9 Å². The highest BCUT2D eigenvalue weighted by Gasteiger charge is 2.18. The number of nitrogens with one attached hydrogen (secondary N) is 1. The van der Waals surface area contributed by atoms with Crippen LogP contribution in [0.3, 0.4) is 0 Å². The third-order valence-corrected chi connectivity index (χ3v) is 4.76. The van der Waals surface area contributed by atoms with Crippen molar-refractivity contribution in [3.63, 3.8) is 0 Å². The molecule has 0 bridgehead atoms. The van der Waals surface area contributed by atoms with Crippen molar-refractivity contribution in [1.29, 1.82) is 0 Å². The lowest BCUT2D eigenvalue weighted by Crippen LogP contribution is -2.40. The Balaban J connectivity index is 1.93. The van der Waals surface area contributed by atoms with Crippen LogP contribution in [0.1, 0.15) is 31.2 Å². The Labute approximate surface area is 118 Å². The highest BCUT2D eigenvalue weighted by Crippen LogP contribution is 2.21. The van der Waals surface area contributed by atoms with E-state index in [1.165, 1.54) is 31.6 Å². The summed E-state index contributed by atoms with van der Waals surface area (Å²) in [6, 6.07) is 0.647. The van der Waals surface area contributed by atoms with Crippen LogP contribution in [0.4, 0.5) is 0 Å². The first-order chi connectivity index (χ1) is 8.61. The van der Waals surface area contributed by atoms with Crippen LogP contribution >= 0.6 is 15.9 Å². The zero-order valence-electron chi connectivity index (χ0n) is 11.5. The largest absolute Gasteiger partial charge is 0.308 e. The highest BCUT2D eigenvalue weighted by atomic mass is 79.9. The van der Waals surface area contributed by atoms with Crippen molar-refractivity contribution in [2.75, 3.05) is 20.1 Å². The fourth-order valence-electron chi connectivity index (χ4n) is 2.49. The molecule has 0 saturated carbocycles. The summed E-state index contributed by atoms with van der Waals surface area (Å²) in [7, 11) is 2.20. The van der Waals surface area contributed by atoms with Crippen molar-refractivity contribution >= 4 is 15.9 Å². The lowest BCUT2D eigenvalue weighted by molar-refractivity contribution is 0.233. The predicted molar refractivity (Wildman–Crippen MR) is 77.7 cm³/mol. The first kappa shape index (κ1) is 14.0. The minimum Gasteiger partial charge on any atom is -0.308 e. The summed E-state index contributed by atoms with van der Waals surface area (Å²) in [5, 5.41) is 8.20. The second kappa shape index (κ2) is 6.17. The Bertz CT molecular complexity index is 394. The van der Waals surface area contributed by atoms with E-state index in [0.29, 0.717) is 6.04 Å². The molecule has 2 heterocycles. The maximum absolute atomic E-state index is 4.53. The van der Waals surface area contributed by atoms with Gasteiger partial charge >= 0.3 is 0 Å². The topological polar surface area (TPSA) is 33.1 Å². The second-order valence-electron chi connectivity index (χ2n) is 5.12. The van der Waals surface area contributed by atoms with Crippen LogP contribution in [0.15, 0.2) is 4.47 Å². The predicted octanol–water partition coefficient (Wildman–Crippen LogP) is 2.16. The normalized spacial score (nSPS) is 18.4. The van der Waals surface area contributed by atoms with Gasteiger partial charge in [-0.25, -0.2) is 0 Å². The molecule has 1 aliphatic heterocycles. The number of hydrogen-bond acceptors (Lipinski definition) is 3. The number of aromatic nitrogens is 2. The maximum Gasteiger partial charge on any atom is 0.0739 e. The second-order valence-corrected chi connectivity index (χ2v) is 5.91. The van der Waals surface area contributed by atoms with Crippen LogP contribution in [-0.4, -0.2) is 40.9 Å². The van der Waals surface area contributed by atoms with Crippen LogP contribution in [-0.2, 0) is 13.1 Å². The molecule has 1 saturated heterocycles. The van der Waals surface area contributed by atoms with Crippen LogP contribution in [0.5, 0.6) is 0 Å². The molecule has 4 nitrogen and oxygen atoms in total. The van der Waals surface area contributed by atoms with E-state index in [4.69, 9.17) is 0 Å². The molecule has 0 radical (unpaired) electrons. The molecule has 0 atom stereocenters. The van der Waals surface area contributed by atoms with Crippen molar-refractivity contribution in [2.45, 2.75) is 45.8 Å². The van der Waals surface area contributed by atoms with E-state index < -0.39 is 0 Å². The van der Waals surface area contributed by atoms with Crippen LogP contribution < -0.4 is 5.32 Å². The Morgan fingerprint density at radius 3 is 2.67 bits per heavy atom. The molecule has 0 amide bonds. The van der Waals surface area contributed by atoms with Gasteiger partial charge in [0.15, 0.2) is 0 Å². The fourth-order valence-corrected chi connectivity index (χ4v) is 2.92. The number of nitrogens with zero attached hydrogens (tertiary/aromatic N) is 3. The fraction of sp³-hybridized carbons (Fsp3) is 0.769. The van der Waals surface area contributed by atoms with Crippen molar-refractivity contribution in [3.8, 4) is 0 Å². The van der Waals surface area contributed by atoms with Gasteiger partial charge in [-0.05, 0) is 62.8 Å². The average Bonchev–Trinajstić information content (AvgIpc) is 2.65. The summed E-state index contributed by atoms with van der Waals surface area (Å²) in [4.78, 5) is 2.40. The van der Waals surface area contributed by atoms with Gasteiger partial charge < -0.3 is 10.2 Å². The summed E-state index contributed by atoms with van der Waals surface area (Å²) in [6.07, 6.45) is 2.49. The Hall–Kier alpha value is -0.390. The number of hydrogen-bond donors (Lipinski definition) is 1. The highest BCUT2D eigenvalue weighted by molar-refractivity contribution is 9.10. The SMILES string of the molecule is CCn1nc(C)c(Br)c1CNC1CCN(C)CC1. The summed E-state index contributed by atoms with van der Waals surface area (Å²) in [5.41, 5.74) is 2.35. The molecule has 102 valence electrons. The summed E-state index contributed by atoms with van der Waals surface area (Å²) >= 11 is 3.64. The first-order valence-corrected chi connectivity index (χ1v) is 7.54. The van der Waals surface area contributed by atoms with Gasteiger partial charge in [-0.3, -0.25) is 4.68 Å². The van der Waals surface area contributed by atoms with Gasteiger partial charge in [0, 0.05) is 19.1 Å². The monoisotopic (exact) mass is 314 g/mol. The lowest BCUT2D eigenvalue weighted by Gasteiger charge is -2.29. The molecule has 1 aromatic heterocycles. The third-order valence-electron chi connectivity index (χ3n) is 3.73. The first-order valence-electron chi connectivity index (χ1n) is 6.75. The van der Waals surface area contributed by atoms with Crippen LogP contribution in [0, 0.1) is 6.92 Å². The third kappa shape index (κ3) is 3.13. The smallest absolute Gasteiger partial charge is 0.0739 e. The van der Waals surface area contributed by atoms with Gasteiger partial charge in [0.1, 0.15) is 0 Å². The molecule has 1 aliphatic rings. The zero-order valence-corrected chi connectivity index (χ0v) is 13.1. The molecule has 1 aromatic rings. The summed E-state index contributed by atoms with van der Waals surface area (Å²) in [5.74, 6) is 0. The molecule has 5 heteroatoms. The van der Waals surface area contributed by atoms with Gasteiger partial charge in [0.25, 0.3) is 0 Å². The van der Waals surface area contributed by atoms with E-state index in [1.807, 2.05) is 0 Å². The van der Waals surface area contributed by atoms with E-state index in [9.17, 15) is 0 Å². The number of rotatable bonds is 4. The molecule has 2 rings (SSSR count). The van der Waals surface area contributed by atoms with E-state index in [0.717, 1.165) is 23.3 Å². The van der Waals surface area contributed by atoms with Crippen molar-refractivity contribution in [2.24, 2.45) is 0 Å². The van der Waals surface area contributed by atoms with Gasteiger partial charge in [-0.2, -0.15) is 5.10 Å². The van der Waals surface area contributed by atoms with Crippen LogP contribution in [0.2, 0.25) is 0 Å². The van der Waals surface area contributed by atoms with E-state index in [-0.39, 0.29) is 0 Å².